The normalized spacial score (nSPS) is 20.4. The van der Waals surface area contributed by atoms with Crippen LogP contribution in [0.2, 0.25) is 0 Å². The zero-order valence-corrected chi connectivity index (χ0v) is 16.9. The van der Waals surface area contributed by atoms with Crippen LogP contribution in [0.3, 0.4) is 0 Å². The van der Waals surface area contributed by atoms with Gasteiger partial charge in [-0.1, -0.05) is 12.1 Å². The number of aliphatic carboxylic acids is 1. The highest BCUT2D eigenvalue weighted by atomic mass is 32.2. The second kappa shape index (κ2) is 8.85. The van der Waals surface area contributed by atoms with Crippen molar-refractivity contribution in [3.63, 3.8) is 0 Å². The third-order valence-electron chi connectivity index (χ3n) is 4.89. The van der Waals surface area contributed by atoms with Crippen LogP contribution in [0, 0.1) is 0 Å². The van der Waals surface area contributed by atoms with E-state index in [9.17, 15) is 36.6 Å². The molecule has 11 heteroatoms. The van der Waals surface area contributed by atoms with Crippen molar-refractivity contribution >= 4 is 16.0 Å². The van der Waals surface area contributed by atoms with Gasteiger partial charge in [-0.3, -0.25) is 4.79 Å². The SMILES string of the molecule is O=C(O)C1CCC(O)CN1S(=O)(=O)c1ccc(OCc2cccc(C(F)(F)F)c2)cc1. The van der Waals surface area contributed by atoms with Crippen LogP contribution in [0.1, 0.15) is 24.0 Å². The summed E-state index contributed by atoms with van der Waals surface area (Å²) in [6.07, 6.45) is -5.25. The summed E-state index contributed by atoms with van der Waals surface area (Å²) < 4.78 is 70.3. The van der Waals surface area contributed by atoms with Gasteiger partial charge in [-0.25, -0.2) is 8.42 Å². The first-order valence-corrected chi connectivity index (χ1v) is 10.7. The summed E-state index contributed by atoms with van der Waals surface area (Å²) in [5, 5.41) is 19.1. The van der Waals surface area contributed by atoms with Crippen molar-refractivity contribution in [2.45, 2.75) is 42.7 Å². The lowest BCUT2D eigenvalue weighted by molar-refractivity contribution is -0.143. The molecule has 3 rings (SSSR count). The second-order valence-corrected chi connectivity index (χ2v) is 9.01. The number of sulfonamides is 1. The van der Waals surface area contributed by atoms with E-state index in [2.05, 4.69) is 0 Å². The molecule has 2 atom stereocenters. The fourth-order valence-corrected chi connectivity index (χ4v) is 4.93. The maximum Gasteiger partial charge on any atom is 0.416 e. The monoisotopic (exact) mass is 459 g/mol. The number of aliphatic hydroxyl groups is 1. The number of piperidine rings is 1. The van der Waals surface area contributed by atoms with Crippen molar-refractivity contribution in [3.05, 3.63) is 59.7 Å². The molecule has 1 aliphatic rings. The summed E-state index contributed by atoms with van der Waals surface area (Å²) in [5.74, 6) is -1.07. The van der Waals surface area contributed by atoms with E-state index in [4.69, 9.17) is 4.74 Å². The van der Waals surface area contributed by atoms with Crippen LogP contribution in [0.4, 0.5) is 13.2 Å². The largest absolute Gasteiger partial charge is 0.489 e. The van der Waals surface area contributed by atoms with Crippen LogP contribution in [0.5, 0.6) is 5.75 Å². The number of nitrogens with zero attached hydrogens (tertiary/aromatic N) is 1. The quantitative estimate of drug-likeness (QED) is 0.689. The number of carbonyl (C=O) groups is 1. The highest BCUT2D eigenvalue weighted by Gasteiger charge is 2.40. The average molecular weight is 459 g/mol. The van der Waals surface area contributed by atoms with E-state index in [1.807, 2.05) is 0 Å². The van der Waals surface area contributed by atoms with E-state index >= 15 is 0 Å². The minimum absolute atomic E-state index is 0.00604. The Morgan fingerprint density at radius 3 is 2.42 bits per heavy atom. The van der Waals surface area contributed by atoms with Crippen LogP contribution in [0.25, 0.3) is 0 Å². The Bertz CT molecular complexity index is 1040. The first-order valence-electron chi connectivity index (χ1n) is 9.30. The number of rotatable bonds is 6. The highest BCUT2D eigenvalue weighted by Crippen LogP contribution is 2.30. The topological polar surface area (TPSA) is 104 Å². The minimum atomic E-state index is -4.47. The number of hydrogen-bond acceptors (Lipinski definition) is 5. The summed E-state index contributed by atoms with van der Waals surface area (Å²) in [7, 11) is -4.18. The van der Waals surface area contributed by atoms with E-state index in [0.29, 0.717) is 0 Å². The molecule has 1 aliphatic heterocycles. The maximum absolute atomic E-state index is 12.9. The molecule has 2 N–H and O–H groups in total. The Morgan fingerprint density at radius 1 is 1.13 bits per heavy atom. The minimum Gasteiger partial charge on any atom is -0.489 e. The number of β-amino-alcohol motifs (C(OH)–C–C–N with tert-alkyl or cyclic N) is 1. The molecule has 0 bridgehead atoms. The predicted molar refractivity (Wildman–Crippen MR) is 103 cm³/mol. The lowest BCUT2D eigenvalue weighted by Gasteiger charge is -2.34. The van der Waals surface area contributed by atoms with E-state index in [-0.39, 0.29) is 42.2 Å². The Kier molecular flexibility index (Phi) is 6.58. The van der Waals surface area contributed by atoms with Crippen LogP contribution < -0.4 is 4.74 Å². The van der Waals surface area contributed by atoms with Crippen molar-refractivity contribution in [2.75, 3.05) is 6.54 Å². The first kappa shape index (κ1) is 23.0. The number of carboxylic acid groups (broad SMARTS) is 1. The van der Waals surface area contributed by atoms with Crippen LogP contribution >= 0.6 is 0 Å². The van der Waals surface area contributed by atoms with E-state index in [1.54, 1.807) is 0 Å². The average Bonchev–Trinajstić information content (AvgIpc) is 2.72. The lowest BCUT2D eigenvalue weighted by atomic mass is 10.0. The molecular formula is C20H20F3NO6S. The zero-order chi connectivity index (χ0) is 22.8. The highest BCUT2D eigenvalue weighted by molar-refractivity contribution is 7.89. The third-order valence-corrected chi connectivity index (χ3v) is 6.78. The summed E-state index contributed by atoms with van der Waals surface area (Å²) in [4.78, 5) is 11.3. The third kappa shape index (κ3) is 5.35. The van der Waals surface area contributed by atoms with Crippen LogP contribution in [0.15, 0.2) is 53.4 Å². The maximum atomic E-state index is 12.9. The van der Waals surface area contributed by atoms with Gasteiger partial charge >= 0.3 is 12.1 Å². The van der Waals surface area contributed by atoms with Crippen molar-refractivity contribution < 1.29 is 41.3 Å². The Hall–Kier alpha value is -2.63. The van der Waals surface area contributed by atoms with Crippen LogP contribution in [-0.4, -0.2) is 47.6 Å². The second-order valence-electron chi connectivity index (χ2n) is 7.12. The molecule has 0 aliphatic carbocycles. The van der Waals surface area contributed by atoms with Gasteiger partial charge in [0.05, 0.1) is 16.6 Å². The number of alkyl halides is 3. The molecule has 1 fully saturated rings. The molecule has 0 aromatic heterocycles. The van der Waals surface area contributed by atoms with Gasteiger partial charge in [0.25, 0.3) is 0 Å². The molecule has 0 saturated carbocycles. The van der Waals surface area contributed by atoms with Gasteiger partial charge in [-0.15, -0.1) is 0 Å². The Morgan fingerprint density at radius 2 is 1.81 bits per heavy atom. The smallest absolute Gasteiger partial charge is 0.416 e. The molecule has 2 unspecified atom stereocenters. The number of ether oxygens (including phenoxy) is 1. The van der Waals surface area contributed by atoms with Gasteiger partial charge in [0.2, 0.25) is 10.0 Å². The van der Waals surface area contributed by atoms with Gasteiger partial charge in [-0.05, 0) is 54.8 Å². The summed E-state index contributed by atoms with van der Waals surface area (Å²) in [6, 6.07) is 8.48. The first-order chi connectivity index (χ1) is 14.5. The summed E-state index contributed by atoms with van der Waals surface area (Å²) in [6.45, 7) is -0.484. The van der Waals surface area contributed by atoms with Gasteiger partial charge in [0.15, 0.2) is 0 Å². The fraction of sp³-hybridized carbons (Fsp3) is 0.350. The Labute approximate surface area is 176 Å². The number of hydrogen-bond donors (Lipinski definition) is 2. The molecule has 0 amide bonds. The molecule has 168 valence electrons. The Balaban J connectivity index is 1.73. The van der Waals surface area contributed by atoms with Gasteiger partial charge in [0, 0.05) is 6.54 Å². The van der Waals surface area contributed by atoms with Crippen molar-refractivity contribution in [1.29, 1.82) is 0 Å². The van der Waals surface area contributed by atoms with E-state index < -0.39 is 39.9 Å². The molecule has 2 aromatic carbocycles. The van der Waals surface area contributed by atoms with E-state index in [0.717, 1.165) is 16.4 Å². The number of halogens is 3. The van der Waals surface area contributed by atoms with Gasteiger partial charge < -0.3 is 14.9 Å². The molecule has 1 saturated heterocycles. The molecule has 7 nitrogen and oxygen atoms in total. The summed E-state index contributed by atoms with van der Waals surface area (Å²) in [5.41, 5.74) is -0.509. The zero-order valence-electron chi connectivity index (χ0n) is 16.1. The molecular weight excluding hydrogens is 439 g/mol. The number of aliphatic hydroxyl groups excluding tert-OH is 1. The lowest BCUT2D eigenvalue weighted by Crippen LogP contribution is -2.51. The van der Waals surface area contributed by atoms with Gasteiger partial charge in [0.1, 0.15) is 18.4 Å². The fourth-order valence-electron chi connectivity index (χ4n) is 3.28. The molecule has 0 spiro atoms. The standard InChI is InChI=1S/C20H20F3NO6S/c21-20(22,23)14-3-1-2-13(10-14)12-30-16-5-7-17(8-6-16)31(28,29)24-11-15(25)4-9-18(24)19(26)27/h1-3,5-8,10,15,18,25H,4,9,11-12H2,(H,26,27). The molecule has 0 radical (unpaired) electrons. The molecule has 1 heterocycles. The van der Waals surface area contributed by atoms with Crippen molar-refractivity contribution in [3.8, 4) is 5.75 Å². The van der Waals surface area contributed by atoms with Crippen LogP contribution in [-0.2, 0) is 27.6 Å². The molecule has 31 heavy (non-hydrogen) atoms. The van der Waals surface area contributed by atoms with Crippen molar-refractivity contribution in [1.82, 2.24) is 4.31 Å². The van der Waals surface area contributed by atoms with Gasteiger partial charge in [-0.2, -0.15) is 17.5 Å². The number of benzene rings is 2. The predicted octanol–water partition coefficient (Wildman–Crippen LogP) is 2.88. The number of carboxylic acids is 1. The summed E-state index contributed by atoms with van der Waals surface area (Å²) >= 11 is 0. The van der Waals surface area contributed by atoms with Crippen molar-refractivity contribution in [2.24, 2.45) is 0 Å². The molecule has 2 aromatic rings. The van der Waals surface area contributed by atoms with E-state index in [1.165, 1.54) is 36.4 Å².